The van der Waals surface area contributed by atoms with Gasteiger partial charge in [0.15, 0.2) is 0 Å². The smallest absolute Gasteiger partial charge is 0.246 e. The lowest BCUT2D eigenvalue weighted by Gasteiger charge is -2.19. The van der Waals surface area contributed by atoms with Crippen molar-refractivity contribution in [2.24, 2.45) is 0 Å². The van der Waals surface area contributed by atoms with Gasteiger partial charge in [-0.25, -0.2) is 0 Å². The number of methoxy groups -OCH3 is 1. The van der Waals surface area contributed by atoms with E-state index in [1.54, 1.807) is 7.11 Å². The summed E-state index contributed by atoms with van der Waals surface area (Å²) in [7, 11) is 1.64. The van der Waals surface area contributed by atoms with E-state index in [0.717, 1.165) is 48.4 Å². The Bertz CT molecular complexity index is 664. The van der Waals surface area contributed by atoms with Gasteiger partial charge in [-0.15, -0.1) is 0 Å². The van der Waals surface area contributed by atoms with E-state index in [-0.39, 0.29) is 11.1 Å². The maximum absolute atomic E-state index is 12.3. The van der Waals surface area contributed by atoms with Crippen molar-refractivity contribution in [3.63, 3.8) is 0 Å². The molecule has 0 atom stereocenters. The number of carbonyl (C=O) groups excluding carboxylic acids is 1. The molecular formula is C18H24ClN3O2. The summed E-state index contributed by atoms with van der Waals surface area (Å²) < 4.78 is 5.33. The monoisotopic (exact) mass is 349 g/mol. The highest BCUT2D eigenvalue weighted by atomic mass is 35.5. The fourth-order valence-electron chi connectivity index (χ4n) is 2.97. The van der Waals surface area contributed by atoms with Crippen LogP contribution >= 0.6 is 11.6 Å². The molecule has 1 aliphatic heterocycles. The van der Waals surface area contributed by atoms with Crippen LogP contribution in [0.1, 0.15) is 29.5 Å². The number of carbonyl (C=O) groups is 1. The van der Waals surface area contributed by atoms with Crippen LogP contribution in [0.3, 0.4) is 0 Å². The normalized spacial score (nSPS) is 14.7. The molecule has 2 rings (SSSR count). The topological polar surface area (TPSA) is 65.4 Å². The summed E-state index contributed by atoms with van der Waals surface area (Å²) in [5.41, 5.74) is 3.65. The van der Waals surface area contributed by atoms with Crippen molar-refractivity contribution in [3.05, 3.63) is 40.6 Å². The predicted octanol–water partition coefficient (Wildman–Crippen LogP) is 3.12. The Morgan fingerprint density at radius 1 is 1.38 bits per heavy atom. The van der Waals surface area contributed by atoms with Crippen LogP contribution in [-0.2, 0) is 11.3 Å². The van der Waals surface area contributed by atoms with Crippen LogP contribution in [0.15, 0.2) is 23.9 Å². The Morgan fingerprint density at radius 3 is 2.62 bits per heavy atom. The van der Waals surface area contributed by atoms with Crippen molar-refractivity contribution in [2.75, 3.05) is 20.2 Å². The number of nitrogens with one attached hydrogen (secondary N) is 2. The van der Waals surface area contributed by atoms with Crippen LogP contribution < -0.4 is 10.1 Å². The lowest BCUT2D eigenvalue weighted by molar-refractivity contribution is -0.116. The number of nitrogens with zero attached hydrogens (tertiary/aromatic N) is 1. The van der Waals surface area contributed by atoms with E-state index in [1.165, 1.54) is 6.08 Å². The number of likely N-dealkylation sites (tertiary alicyclic amines) is 1. The molecule has 0 saturated carbocycles. The van der Waals surface area contributed by atoms with E-state index in [2.05, 4.69) is 5.32 Å². The summed E-state index contributed by atoms with van der Waals surface area (Å²) in [6.45, 7) is 6.07. The first-order chi connectivity index (χ1) is 11.4. The van der Waals surface area contributed by atoms with Crippen LogP contribution in [0.4, 0.5) is 0 Å². The third-order valence-electron chi connectivity index (χ3n) is 4.38. The van der Waals surface area contributed by atoms with Gasteiger partial charge in [0.2, 0.25) is 5.91 Å². The molecule has 1 saturated heterocycles. The minimum absolute atomic E-state index is 0.0965. The summed E-state index contributed by atoms with van der Waals surface area (Å²) in [6.07, 6.45) is 3.54. The van der Waals surface area contributed by atoms with E-state index in [4.69, 9.17) is 21.7 Å². The van der Waals surface area contributed by atoms with Gasteiger partial charge in [-0.2, -0.15) is 0 Å². The molecule has 5 nitrogen and oxygen atoms in total. The van der Waals surface area contributed by atoms with Crippen molar-refractivity contribution in [2.45, 2.75) is 33.2 Å². The molecule has 0 aromatic heterocycles. The fraction of sp³-hybridized carbons (Fsp3) is 0.444. The Morgan fingerprint density at radius 2 is 2.04 bits per heavy atom. The zero-order valence-electron chi connectivity index (χ0n) is 14.4. The third-order valence-corrected chi connectivity index (χ3v) is 4.58. The molecule has 6 heteroatoms. The summed E-state index contributed by atoms with van der Waals surface area (Å²) in [4.78, 5) is 14.2. The van der Waals surface area contributed by atoms with Gasteiger partial charge < -0.3 is 15.0 Å². The van der Waals surface area contributed by atoms with E-state index in [9.17, 15) is 4.79 Å². The third kappa shape index (κ3) is 4.29. The molecular weight excluding hydrogens is 326 g/mol. The highest BCUT2D eigenvalue weighted by Gasteiger charge is 2.18. The Hall–Kier alpha value is -2.01. The minimum Gasteiger partial charge on any atom is -0.496 e. The standard InChI is InChI=1S/C18H24ClN3O2/c1-12-6-7-16(24-3)13(2)14(12)11-21-17(23)10-15(18(19)20)22-8-4-5-9-22/h6-7,10,20H,4-5,8-9,11H2,1-3H3,(H,21,23)/b15-10+,20-18?. The van der Waals surface area contributed by atoms with Crippen molar-refractivity contribution < 1.29 is 9.53 Å². The molecule has 0 radical (unpaired) electrons. The first-order valence-corrected chi connectivity index (χ1v) is 8.43. The summed E-state index contributed by atoms with van der Waals surface area (Å²) in [5, 5.41) is 10.5. The molecule has 0 unspecified atom stereocenters. The second-order valence-corrected chi connectivity index (χ2v) is 6.32. The number of aryl methyl sites for hydroxylation is 1. The van der Waals surface area contributed by atoms with Crippen LogP contribution in [0.25, 0.3) is 0 Å². The van der Waals surface area contributed by atoms with Crippen molar-refractivity contribution in [3.8, 4) is 5.75 Å². The largest absolute Gasteiger partial charge is 0.496 e. The first-order valence-electron chi connectivity index (χ1n) is 8.06. The van der Waals surface area contributed by atoms with Gasteiger partial charge in [0, 0.05) is 25.7 Å². The van der Waals surface area contributed by atoms with Crippen molar-refractivity contribution in [1.82, 2.24) is 10.2 Å². The molecule has 1 amide bonds. The number of hydrogen-bond donors (Lipinski definition) is 2. The Balaban J connectivity index is 2.10. The zero-order chi connectivity index (χ0) is 17.7. The lowest BCUT2D eigenvalue weighted by Crippen LogP contribution is -2.27. The zero-order valence-corrected chi connectivity index (χ0v) is 15.2. The number of ether oxygens (including phenoxy) is 1. The Kier molecular flexibility index (Phi) is 6.26. The highest BCUT2D eigenvalue weighted by Crippen LogP contribution is 2.24. The molecule has 2 N–H and O–H groups in total. The SMILES string of the molecule is COc1ccc(C)c(CNC(=O)/C=C(\C(=N)Cl)N2CCCC2)c1C. The van der Waals surface area contributed by atoms with Crippen LogP contribution in [0.5, 0.6) is 5.75 Å². The molecule has 1 aromatic rings. The molecule has 0 spiro atoms. The van der Waals surface area contributed by atoms with E-state index in [1.807, 2.05) is 30.9 Å². The van der Waals surface area contributed by atoms with Gasteiger partial charge in [-0.1, -0.05) is 17.7 Å². The maximum Gasteiger partial charge on any atom is 0.246 e. The molecule has 1 fully saturated rings. The van der Waals surface area contributed by atoms with Crippen molar-refractivity contribution in [1.29, 1.82) is 5.41 Å². The minimum atomic E-state index is -0.246. The highest BCUT2D eigenvalue weighted by molar-refractivity contribution is 6.68. The van der Waals surface area contributed by atoms with E-state index < -0.39 is 0 Å². The van der Waals surface area contributed by atoms with Gasteiger partial charge in [0.25, 0.3) is 0 Å². The number of allylic oxidation sites excluding steroid dienone is 1. The first kappa shape index (κ1) is 18.3. The van der Waals surface area contributed by atoms with E-state index in [0.29, 0.717) is 12.2 Å². The van der Waals surface area contributed by atoms with Crippen LogP contribution in [0.2, 0.25) is 0 Å². The Labute approximate surface area is 148 Å². The second kappa shape index (κ2) is 8.20. The van der Waals surface area contributed by atoms with E-state index >= 15 is 0 Å². The van der Waals surface area contributed by atoms with Gasteiger partial charge in [-0.3, -0.25) is 10.2 Å². The average molecular weight is 350 g/mol. The molecule has 1 aliphatic rings. The van der Waals surface area contributed by atoms with Crippen molar-refractivity contribution >= 4 is 22.7 Å². The van der Waals surface area contributed by atoms with Gasteiger partial charge >= 0.3 is 0 Å². The number of amides is 1. The molecule has 1 aromatic carbocycles. The van der Waals surface area contributed by atoms with Crippen LogP contribution in [0, 0.1) is 19.3 Å². The van der Waals surface area contributed by atoms with Gasteiger partial charge in [-0.05, 0) is 49.4 Å². The number of hydrogen-bond acceptors (Lipinski definition) is 4. The molecule has 24 heavy (non-hydrogen) atoms. The molecule has 130 valence electrons. The summed E-state index contributed by atoms with van der Waals surface area (Å²) in [5.74, 6) is 0.560. The summed E-state index contributed by atoms with van der Waals surface area (Å²) >= 11 is 5.85. The lowest BCUT2D eigenvalue weighted by atomic mass is 10.0. The quantitative estimate of drug-likeness (QED) is 0.612. The molecule has 0 bridgehead atoms. The molecule has 1 heterocycles. The number of rotatable bonds is 6. The second-order valence-electron chi connectivity index (χ2n) is 5.94. The number of halogens is 1. The maximum atomic E-state index is 12.3. The number of benzene rings is 1. The van der Waals surface area contributed by atoms with Crippen LogP contribution in [-0.4, -0.2) is 36.2 Å². The summed E-state index contributed by atoms with van der Waals surface area (Å²) in [6, 6.07) is 3.91. The average Bonchev–Trinajstić information content (AvgIpc) is 3.06. The van der Waals surface area contributed by atoms with Gasteiger partial charge in [0.1, 0.15) is 10.9 Å². The predicted molar refractivity (Wildman–Crippen MR) is 96.8 cm³/mol. The fourth-order valence-corrected chi connectivity index (χ4v) is 3.14. The van der Waals surface area contributed by atoms with Gasteiger partial charge in [0.05, 0.1) is 12.8 Å². The molecule has 0 aliphatic carbocycles.